The van der Waals surface area contributed by atoms with Gasteiger partial charge in [0.25, 0.3) is 5.91 Å². The van der Waals surface area contributed by atoms with Gasteiger partial charge in [-0.2, -0.15) is 0 Å². The Balaban J connectivity index is 1.99. The lowest BCUT2D eigenvalue weighted by molar-refractivity contribution is 0.0708. The van der Waals surface area contributed by atoms with E-state index in [-0.39, 0.29) is 24.6 Å². The van der Waals surface area contributed by atoms with Crippen LogP contribution in [0.25, 0.3) is 11.1 Å². The molecule has 6 heteroatoms. The Hall–Kier alpha value is -2.86. The first-order valence-corrected chi connectivity index (χ1v) is 7.64. The van der Waals surface area contributed by atoms with Crippen LogP contribution in [0, 0.1) is 0 Å². The Bertz CT molecular complexity index is 912. The molecule has 0 aliphatic carbocycles. The number of aromatic nitrogens is 1. The molecule has 0 atom stereocenters. The highest BCUT2D eigenvalue weighted by molar-refractivity contribution is 6.04. The summed E-state index contributed by atoms with van der Waals surface area (Å²) in [6, 6.07) is 14.6. The molecule has 0 spiro atoms. The largest absolute Gasteiger partial charge is 0.419 e. The van der Waals surface area contributed by atoms with E-state index in [1.807, 2.05) is 30.3 Å². The molecule has 2 aromatic carbocycles. The quantitative estimate of drug-likeness (QED) is 0.775. The van der Waals surface area contributed by atoms with E-state index in [1.54, 1.807) is 25.2 Å². The summed E-state index contributed by atoms with van der Waals surface area (Å²) in [4.78, 5) is 26.2. The number of para-hydroxylation sites is 1. The molecule has 0 saturated carbocycles. The van der Waals surface area contributed by atoms with Gasteiger partial charge in [-0.25, -0.2) is 4.79 Å². The molecule has 0 unspecified atom stereocenters. The fraction of sp³-hybridized carbons (Fsp3) is 0.222. The van der Waals surface area contributed by atoms with Crippen molar-refractivity contribution < 1.29 is 14.3 Å². The summed E-state index contributed by atoms with van der Waals surface area (Å²) in [6.45, 7) is 0.419. The van der Waals surface area contributed by atoms with E-state index in [1.165, 1.54) is 9.47 Å². The zero-order valence-electron chi connectivity index (χ0n) is 13.3. The minimum atomic E-state index is -0.512. The number of carbonyl (C=O) groups excluding carboxylic acids is 1. The van der Waals surface area contributed by atoms with Crippen LogP contribution in [-0.2, 0) is 13.6 Å². The van der Waals surface area contributed by atoms with E-state index in [0.717, 1.165) is 5.56 Å². The van der Waals surface area contributed by atoms with E-state index < -0.39 is 5.76 Å². The van der Waals surface area contributed by atoms with Crippen LogP contribution in [-0.4, -0.2) is 33.6 Å². The molecule has 0 aliphatic rings. The van der Waals surface area contributed by atoms with Gasteiger partial charge in [-0.3, -0.25) is 9.36 Å². The molecule has 0 fully saturated rings. The number of aliphatic hydroxyl groups excluding tert-OH is 1. The summed E-state index contributed by atoms with van der Waals surface area (Å²) in [5, 5.41) is 9.30. The zero-order chi connectivity index (χ0) is 17.1. The van der Waals surface area contributed by atoms with Crippen LogP contribution in [0.15, 0.2) is 57.7 Å². The monoisotopic (exact) mass is 326 g/mol. The molecule has 1 aromatic heterocycles. The predicted molar refractivity (Wildman–Crippen MR) is 89.7 cm³/mol. The number of fused-ring (bicyclic) bond motifs is 1. The molecule has 24 heavy (non-hydrogen) atoms. The molecule has 0 aliphatic heterocycles. The summed E-state index contributed by atoms with van der Waals surface area (Å²) >= 11 is 0. The summed E-state index contributed by atoms with van der Waals surface area (Å²) < 4.78 is 6.59. The number of hydrogen-bond donors (Lipinski definition) is 1. The molecular formula is C18H18N2O4. The second-order valence-electron chi connectivity index (χ2n) is 5.52. The summed E-state index contributed by atoms with van der Waals surface area (Å²) in [5.41, 5.74) is 2.11. The number of nitrogens with zero attached hydrogens (tertiary/aromatic N) is 2. The second-order valence-corrected chi connectivity index (χ2v) is 5.52. The minimum absolute atomic E-state index is 0.146. The summed E-state index contributed by atoms with van der Waals surface area (Å²) in [7, 11) is 1.60. The van der Waals surface area contributed by atoms with Crippen molar-refractivity contribution in [3.8, 4) is 0 Å². The highest BCUT2D eigenvalue weighted by Crippen LogP contribution is 2.20. The van der Waals surface area contributed by atoms with Crippen molar-refractivity contribution in [2.24, 2.45) is 7.05 Å². The normalized spacial score (nSPS) is 10.9. The van der Waals surface area contributed by atoms with Crippen molar-refractivity contribution in [3.05, 3.63) is 70.2 Å². The fourth-order valence-corrected chi connectivity index (χ4v) is 2.67. The Morgan fingerprint density at radius 3 is 2.62 bits per heavy atom. The van der Waals surface area contributed by atoms with Gasteiger partial charge in [0.05, 0.1) is 17.7 Å². The number of aliphatic hydroxyl groups is 1. The third-order valence-electron chi connectivity index (χ3n) is 3.92. The number of amides is 1. The topological polar surface area (TPSA) is 75.7 Å². The van der Waals surface area contributed by atoms with Crippen molar-refractivity contribution >= 4 is 17.0 Å². The maximum absolute atomic E-state index is 12.9. The Kier molecular flexibility index (Phi) is 4.48. The van der Waals surface area contributed by atoms with E-state index in [9.17, 15) is 14.7 Å². The molecule has 3 rings (SSSR count). The van der Waals surface area contributed by atoms with Crippen molar-refractivity contribution in [1.82, 2.24) is 9.47 Å². The van der Waals surface area contributed by atoms with E-state index in [2.05, 4.69) is 0 Å². The molecular weight excluding hydrogens is 308 g/mol. The molecule has 1 amide bonds. The molecule has 6 nitrogen and oxygen atoms in total. The third kappa shape index (κ3) is 2.96. The van der Waals surface area contributed by atoms with Crippen LogP contribution < -0.4 is 5.76 Å². The Labute approximate surface area is 138 Å². The van der Waals surface area contributed by atoms with Gasteiger partial charge in [-0.1, -0.05) is 36.4 Å². The second kappa shape index (κ2) is 6.72. The van der Waals surface area contributed by atoms with Crippen LogP contribution in [0.1, 0.15) is 15.9 Å². The van der Waals surface area contributed by atoms with Crippen LogP contribution in [0.4, 0.5) is 0 Å². The van der Waals surface area contributed by atoms with Crippen molar-refractivity contribution in [3.63, 3.8) is 0 Å². The van der Waals surface area contributed by atoms with Crippen molar-refractivity contribution in [1.29, 1.82) is 0 Å². The molecule has 0 radical (unpaired) electrons. The summed E-state index contributed by atoms with van der Waals surface area (Å²) in [5.74, 6) is -0.796. The lowest BCUT2D eigenvalue weighted by Gasteiger charge is -2.22. The summed E-state index contributed by atoms with van der Waals surface area (Å²) in [6.07, 6.45) is 0. The van der Waals surface area contributed by atoms with Crippen LogP contribution >= 0.6 is 0 Å². The van der Waals surface area contributed by atoms with Gasteiger partial charge >= 0.3 is 5.76 Å². The average Bonchev–Trinajstić information content (AvgIpc) is 2.89. The van der Waals surface area contributed by atoms with Gasteiger partial charge in [0.1, 0.15) is 0 Å². The van der Waals surface area contributed by atoms with Crippen LogP contribution in [0.5, 0.6) is 0 Å². The lowest BCUT2D eigenvalue weighted by atomic mass is 10.1. The number of benzene rings is 2. The first-order valence-electron chi connectivity index (χ1n) is 7.64. The highest BCUT2D eigenvalue weighted by Gasteiger charge is 2.21. The average molecular weight is 326 g/mol. The van der Waals surface area contributed by atoms with Gasteiger partial charge in [0.2, 0.25) is 0 Å². The molecule has 1 heterocycles. The number of rotatable bonds is 5. The van der Waals surface area contributed by atoms with Gasteiger partial charge in [-0.05, 0) is 17.7 Å². The number of oxazole rings is 1. The van der Waals surface area contributed by atoms with Gasteiger partial charge < -0.3 is 14.4 Å². The molecule has 124 valence electrons. The van der Waals surface area contributed by atoms with Gasteiger partial charge in [-0.15, -0.1) is 0 Å². The van der Waals surface area contributed by atoms with Gasteiger partial charge in [0.15, 0.2) is 5.58 Å². The highest BCUT2D eigenvalue weighted by atomic mass is 16.4. The fourth-order valence-electron chi connectivity index (χ4n) is 2.67. The number of aryl methyl sites for hydroxylation is 1. The molecule has 0 saturated heterocycles. The Morgan fingerprint density at radius 1 is 1.17 bits per heavy atom. The van der Waals surface area contributed by atoms with Crippen LogP contribution in [0.3, 0.4) is 0 Å². The van der Waals surface area contributed by atoms with E-state index in [0.29, 0.717) is 17.6 Å². The smallest absolute Gasteiger partial charge is 0.407 e. The molecule has 3 aromatic rings. The maximum Gasteiger partial charge on any atom is 0.419 e. The first-order chi connectivity index (χ1) is 11.6. The minimum Gasteiger partial charge on any atom is -0.407 e. The zero-order valence-corrected chi connectivity index (χ0v) is 13.3. The Morgan fingerprint density at radius 2 is 1.92 bits per heavy atom. The number of carbonyl (C=O) groups is 1. The SMILES string of the molecule is Cn1c(=O)oc2c(C(=O)N(CCO)Cc3ccccc3)cccc21. The predicted octanol–water partition coefficient (Wildman–Crippen LogP) is 1.77. The number of hydrogen-bond acceptors (Lipinski definition) is 4. The molecule has 0 bridgehead atoms. The first kappa shape index (κ1) is 16.0. The van der Waals surface area contributed by atoms with E-state index >= 15 is 0 Å². The third-order valence-corrected chi connectivity index (χ3v) is 3.92. The molecule has 1 N–H and O–H groups in total. The standard InChI is InChI=1S/C18H18N2O4/c1-19-15-9-5-8-14(16(15)24-18(19)23)17(22)20(10-11-21)12-13-6-3-2-4-7-13/h2-9,21H,10-12H2,1H3. The van der Waals surface area contributed by atoms with Crippen molar-refractivity contribution in [2.75, 3.05) is 13.2 Å². The van der Waals surface area contributed by atoms with Crippen molar-refractivity contribution in [2.45, 2.75) is 6.54 Å². The van der Waals surface area contributed by atoms with Gasteiger partial charge in [0, 0.05) is 20.1 Å². The van der Waals surface area contributed by atoms with Crippen LogP contribution in [0.2, 0.25) is 0 Å². The lowest BCUT2D eigenvalue weighted by Crippen LogP contribution is -2.33. The van der Waals surface area contributed by atoms with E-state index in [4.69, 9.17) is 4.42 Å². The maximum atomic E-state index is 12.9.